The highest BCUT2D eigenvalue weighted by Crippen LogP contribution is 2.76. The van der Waals surface area contributed by atoms with Crippen LogP contribution in [0.15, 0.2) is 24.3 Å². The zero-order chi connectivity index (χ0) is 19.2. The van der Waals surface area contributed by atoms with E-state index < -0.39 is 16.7 Å². The maximum Gasteiger partial charge on any atom is 0.169 e. The summed E-state index contributed by atoms with van der Waals surface area (Å²) in [6.07, 6.45) is 3.49. The molecule has 2 aliphatic carbocycles. The molecule has 0 saturated heterocycles. The predicted molar refractivity (Wildman–Crippen MR) is 98.3 cm³/mol. The molecular weight excluding hydrogens is 324 g/mol. The largest absolute Gasteiger partial charge is 0.497 e. The highest BCUT2D eigenvalue weighted by atomic mass is 16.5. The van der Waals surface area contributed by atoms with Crippen LogP contribution in [0.5, 0.6) is 5.75 Å². The van der Waals surface area contributed by atoms with E-state index in [-0.39, 0.29) is 11.2 Å². The molecule has 1 atom stereocenters. The third-order valence-electron chi connectivity index (χ3n) is 6.76. The first kappa shape index (κ1) is 18.5. The number of hydrogen-bond donors (Lipinski definition) is 0. The lowest BCUT2D eigenvalue weighted by Gasteiger charge is -2.38. The zero-order valence-corrected chi connectivity index (χ0v) is 16.0. The van der Waals surface area contributed by atoms with Gasteiger partial charge in [-0.15, -0.1) is 0 Å². The molecule has 2 saturated carbocycles. The van der Waals surface area contributed by atoms with Crippen LogP contribution in [-0.4, -0.2) is 12.9 Å². The van der Waals surface area contributed by atoms with Crippen LogP contribution in [0.1, 0.15) is 56.8 Å². The van der Waals surface area contributed by atoms with Crippen LogP contribution in [0.25, 0.3) is 0 Å². The monoisotopic (exact) mass is 350 g/mol. The number of carbonyl (C=O) groups is 1. The number of methoxy groups -OCH3 is 1. The average Bonchev–Trinajstić information content (AvgIpc) is 3.20. The first-order chi connectivity index (χ1) is 12.3. The van der Waals surface area contributed by atoms with Crippen LogP contribution in [-0.2, 0) is 0 Å². The fourth-order valence-corrected chi connectivity index (χ4v) is 5.04. The summed E-state index contributed by atoms with van der Waals surface area (Å²) < 4.78 is 5.22. The molecule has 0 N–H and O–H groups in total. The number of carbonyl (C=O) groups excluding carboxylic acids is 1. The van der Waals surface area contributed by atoms with Gasteiger partial charge in [-0.25, -0.2) is 0 Å². The van der Waals surface area contributed by atoms with E-state index in [1.807, 2.05) is 0 Å². The summed E-state index contributed by atoms with van der Waals surface area (Å²) in [5, 5.41) is 19.6. The van der Waals surface area contributed by atoms with Crippen LogP contribution >= 0.6 is 0 Å². The molecule has 2 fully saturated rings. The lowest BCUT2D eigenvalue weighted by atomic mass is 9.67. The van der Waals surface area contributed by atoms with Crippen molar-refractivity contribution in [2.75, 3.05) is 7.11 Å². The highest BCUT2D eigenvalue weighted by molar-refractivity contribution is 6.02. The van der Waals surface area contributed by atoms with Gasteiger partial charge < -0.3 is 4.74 Å². The zero-order valence-electron chi connectivity index (χ0n) is 16.0. The molecule has 1 spiro atoms. The minimum Gasteiger partial charge on any atom is -0.497 e. The molecule has 1 aromatic rings. The van der Waals surface area contributed by atoms with Crippen LogP contribution in [0, 0.1) is 50.7 Å². The van der Waals surface area contributed by atoms with E-state index in [2.05, 4.69) is 32.9 Å². The summed E-state index contributed by atoms with van der Waals surface area (Å²) in [5.41, 5.74) is -0.932. The number of nitriles is 2. The summed E-state index contributed by atoms with van der Waals surface area (Å²) in [4.78, 5) is 13.2. The van der Waals surface area contributed by atoms with Gasteiger partial charge in [-0.05, 0) is 49.1 Å². The Labute approximate surface area is 155 Å². The number of Topliss-reactive ketones (excluding diaryl/α,β-unsaturated/α-hetero) is 1. The lowest BCUT2D eigenvalue weighted by Crippen LogP contribution is -2.29. The third kappa shape index (κ3) is 2.52. The van der Waals surface area contributed by atoms with Gasteiger partial charge in [0.15, 0.2) is 11.2 Å². The molecule has 0 bridgehead atoms. The van der Waals surface area contributed by atoms with Crippen LogP contribution < -0.4 is 4.74 Å². The Kier molecular flexibility index (Phi) is 4.35. The van der Waals surface area contributed by atoms with Crippen molar-refractivity contribution in [3.05, 3.63) is 29.8 Å². The normalized spacial score (nSPS) is 29.5. The van der Waals surface area contributed by atoms with Crippen molar-refractivity contribution in [2.24, 2.45) is 28.1 Å². The van der Waals surface area contributed by atoms with E-state index in [9.17, 15) is 15.3 Å². The molecule has 136 valence electrons. The summed E-state index contributed by atoms with van der Waals surface area (Å²) in [6, 6.07) is 11.5. The van der Waals surface area contributed by atoms with Crippen molar-refractivity contribution in [1.29, 1.82) is 10.5 Å². The van der Waals surface area contributed by atoms with E-state index >= 15 is 0 Å². The second-order valence-corrected chi connectivity index (χ2v) is 8.86. The minimum atomic E-state index is -1.18. The number of ether oxygens (including phenoxy) is 1. The Morgan fingerprint density at radius 3 is 2.31 bits per heavy atom. The van der Waals surface area contributed by atoms with Gasteiger partial charge in [-0.1, -0.05) is 32.9 Å². The van der Waals surface area contributed by atoms with Crippen molar-refractivity contribution in [3.63, 3.8) is 0 Å². The summed E-state index contributed by atoms with van der Waals surface area (Å²) in [7, 11) is 1.56. The maximum atomic E-state index is 13.2. The van der Waals surface area contributed by atoms with Crippen molar-refractivity contribution in [3.8, 4) is 17.9 Å². The Balaban J connectivity index is 1.91. The molecule has 4 heteroatoms. The standard InChI is InChI=1S/C22H26N2O2/c1-20(2,3)16-8-10-21(11-9-16)19(22(21,13-23)14-24)18(25)15-6-5-7-17(12-15)26-4/h5-7,12,16,19H,8-11H2,1-4H3. The molecule has 0 heterocycles. The van der Waals surface area contributed by atoms with Gasteiger partial charge >= 0.3 is 0 Å². The number of ketones is 1. The van der Waals surface area contributed by atoms with Gasteiger partial charge in [0.2, 0.25) is 0 Å². The van der Waals surface area contributed by atoms with Crippen LogP contribution in [0.2, 0.25) is 0 Å². The van der Waals surface area contributed by atoms with Crippen LogP contribution in [0.3, 0.4) is 0 Å². The Hall–Kier alpha value is -2.33. The van der Waals surface area contributed by atoms with Crippen LogP contribution in [0.4, 0.5) is 0 Å². The van der Waals surface area contributed by atoms with E-state index in [1.165, 1.54) is 0 Å². The molecule has 1 unspecified atom stereocenters. The van der Waals surface area contributed by atoms with Gasteiger partial charge in [0, 0.05) is 11.0 Å². The molecule has 1 aromatic carbocycles. The van der Waals surface area contributed by atoms with Gasteiger partial charge in [0.1, 0.15) is 5.75 Å². The Morgan fingerprint density at radius 2 is 1.81 bits per heavy atom. The van der Waals surface area contributed by atoms with Gasteiger partial charge in [0.05, 0.1) is 25.2 Å². The lowest BCUT2D eigenvalue weighted by molar-refractivity contribution is 0.0905. The number of hydrogen-bond acceptors (Lipinski definition) is 4. The van der Waals surface area contributed by atoms with Gasteiger partial charge in [0.25, 0.3) is 0 Å². The van der Waals surface area contributed by atoms with Crippen molar-refractivity contribution in [2.45, 2.75) is 46.5 Å². The second kappa shape index (κ2) is 6.13. The molecule has 0 aromatic heterocycles. The topological polar surface area (TPSA) is 73.9 Å². The third-order valence-corrected chi connectivity index (χ3v) is 6.76. The summed E-state index contributed by atoms with van der Waals surface area (Å²) >= 11 is 0. The average molecular weight is 350 g/mol. The smallest absolute Gasteiger partial charge is 0.169 e. The quantitative estimate of drug-likeness (QED) is 0.736. The molecule has 0 amide bonds. The van der Waals surface area contributed by atoms with E-state index in [1.54, 1.807) is 31.4 Å². The van der Waals surface area contributed by atoms with Gasteiger partial charge in [-0.3, -0.25) is 4.79 Å². The first-order valence-electron chi connectivity index (χ1n) is 9.26. The number of benzene rings is 1. The molecule has 4 nitrogen and oxygen atoms in total. The Bertz CT molecular complexity index is 785. The maximum absolute atomic E-state index is 13.2. The van der Waals surface area contributed by atoms with Crippen molar-refractivity contribution < 1.29 is 9.53 Å². The van der Waals surface area contributed by atoms with Crippen molar-refractivity contribution in [1.82, 2.24) is 0 Å². The predicted octanol–water partition coefficient (Wildman–Crippen LogP) is 4.76. The molecule has 2 aliphatic rings. The molecule has 0 aliphatic heterocycles. The van der Waals surface area contributed by atoms with Gasteiger partial charge in [-0.2, -0.15) is 10.5 Å². The Morgan fingerprint density at radius 1 is 1.19 bits per heavy atom. The van der Waals surface area contributed by atoms with E-state index in [0.29, 0.717) is 17.2 Å². The molecule has 0 radical (unpaired) electrons. The number of rotatable bonds is 3. The van der Waals surface area contributed by atoms with Crippen molar-refractivity contribution >= 4 is 5.78 Å². The minimum absolute atomic E-state index is 0.0961. The highest BCUT2D eigenvalue weighted by Gasteiger charge is 2.80. The number of nitrogens with zero attached hydrogens (tertiary/aromatic N) is 2. The molecule has 3 rings (SSSR count). The van der Waals surface area contributed by atoms with E-state index in [4.69, 9.17) is 4.74 Å². The first-order valence-corrected chi connectivity index (χ1v) is 9.26. The second-order valence-electron chi connectivity index (χ2n) is 8.86. The molecule has 26 heavy (non-hydrogen) atoms. The summed E-state index contributed by atoms with van der Waals surface area (Å²) in [6.45, 7) is 6.72. The fraction of sp³-hybridized carbons (Fsp3) is 0.591. The molecular formula is C22H26N2O2. The SMILES string of the molecule is COc1cccc(C(=O)C2C(C#N)(C#N)C23CCC(C(C)(C)C)CC3)c1. The fourth-order valence-electron chi connectivity index (χ4n) is 5.04. The summed E-state index contributed by atoms with van der Waals surface area (Å²) in [5.74, 6) is 0.553. The van der Waals surface area contributed by atoms with E-state index in [0.717, 1.165) is 25.7 Å².